The lowest BCUT2D eigenvalue weighted by molar-refractivity contribution is -0.142. The Morgan fingerprint density at radius 1 is 1.06 bits per heavy atom. The number of rotatable bonds is 6. The first-order valence-electron chi connectivity index (χ1n) is 10.9. The summed E-state index contributed by atoms with van der Waals surface area (Å²) in [4.78, 5) is 53.3. The van der Waals surface area contributed by atoms with Crippen molar-refractivity contribution in [2.75, 3.05) is 11.9 Å². The number of fused-ring (bicyclic) bond motifs is 4. The summed E-state index contributed by atoms with van der Waals surface area (Å²) >= 11 is 6.32. The van der Waals surface area contributed by atoms with Gasteiger partial charge in [0, 0.05) is 24.6 Å². The third-order valence-electron chi connectivity index (χ3n) is 6.96. The molecule has 0 radical (unpaired) electrons. The number of hydrogen-bond donors (Lipinski definition) is 3. The highest BCUT2D eigenvalue weighted by Crippen LogP contribution is 2.54. The molecule has 2 aromatic carbocycles. The Labute approximate surface area is 195 Å². The van der Waals surface area contributed by atoms with Gasteiger partial charge in [-0.05, 0) is 24.5 Å². The number of para-hydroxylation sites is 1. The minimum absolute atomic E-state index is 0.0342. The van der Waals surface area contributed by atoms with Crippen molar-refractivity contribution in [3.05, 3.63) is 64.7 Å². The maximum atomic E-state index is 13.7. The van der Waals surface area contributed by atoms with Crippen molar-refractivity contribution < 1.29 is 19.2 Å². The van der Waals surface area contributed by atoms with Crippen LogP contribution in [0.1, 0.15) is 24.0 Å². The standard InChI is InChI=1S/C24H23ClN4O4/c25-15-8-4-7-14-20(15)27-23(33)24(14)19-18(16(28-24)9-10-17(26)30)21(31)29(22(19)32)12-11-13-5-2-1-3-6-13/h1-8,16,18-19,28H,9-12H2,(H2,26,30)(H,27,33)/t16-,18-,19-,24+/m0/s1. The number of anilines is 1. The number of nitrogens with one attached hydrogen (secondary N) is 2. The molecule has 2 aromatic rings. The summed E-state index contributed by atoms with van der Waals surface area (Å²) in [5.41, 5.74) is 5.91. The first-order valence-corrected chi connectivity index (χ1v) is 11.3. The molecular formula is C24H23ClN4O4. The number of nitrogens with zero attached hydrogens (tertiary/aromatic N) is 1. The van der Waals surface area contributed by atoms with E-state index in [1.165, 1.54) is 4.90 Å². The van der Waals surface area contributed by atoms with Crippen LogP contribution in [0.15, 0.2) is 48.5 Å². The van der Waals surface area contributed by atoms with Crippen molar-refractivity contribution in [1.82, 2.24) is 10.2 Å². The molecule has 170 valence electrons. The van der Waals surface area contributed by atoms with Crippen molar-refractivity contribution in [2.24, 2.45) is 17.6 Å². The maximum absolute atomic E-state index is 13.7. The Kier molecular flexibility index (Phi) is 5.22. The van der Waals surface area contributed by atoms with Crippen molar-refractivity contribution in [3.8, 4) is 0 Å². The van der Waals surface area contributed by atoms with Crippen LogP contribution in [-0.2, 0) is 31.1 Å². The van der Waals surface area contributed by atoms with Gasteiger partial charge in [0.05, 0.1) is 22.5 Å². The van der Waals surface area contributed by atoms with Gasteiger partial charge in [-0.25, -0.2) is 0 Å². The van der Waals surface area contributed by atoms with E-state index < -0.39 is 41.1 Å². The lowest BCUT2D eigenvalue weighted by Crippen LogP contribution is -2.53. The van der Waals surface area contributed by atoms with Crippen LogP contribution >= 0.6 is 11.6 Å². The second-order valence-corrected chi connectivity index (χ2v) is 9.15. The highest BCUT2D eigenvalue weighted by atomic mass is 35.5. The molecule has 0 aromatic heterocycles. The van der Waals surface area contributed by atoms with Crippen LogP contribution in [0.4, 0.5) is 5.69 Å². The molecule has 8 nitrogen and oxygen atoms in total. The van der Waals surface area contributed by atoms with Gasteiger partial charge in [0.15, 0.2) is 0 Å². The van der Waals surface area contributed by atoms with E-state index in [-0.39, 0.29) is 25.3 Å². The Hall–Kier alpha value is -3.23. The summed E-state index contributed by atoms with van der Waals surface area (Å²) in [5.74, 6) is -3.36. The van der Waals surface area contributed by atoms with Gasteiger partial charge in [-0.1, -0.05) is 54.1 Å². The molecule has 5 rings (SSSR count). The lowest BCUT2D eigenvalue weighted by atomic mass is 9.76. The van der Waals surface area contributed by atoms with Gasteiger partial charge in [-0.15, -0.1) is 0 Å². The van der Waals surface area contributed by atoms with Crippen molar-refractivity contribution >= 4 is 40.9 Å². The SMILES string of the molecule is NC(=O)CC[C@@H]1N[C@@]2(C(=O)Nc3c(Cl)cccc32)[C@@H]2C(=O)N(CCc3ccccc3)C(=O)[C@@H]12. The smallest absolute Gasteiger partial charge is 0.250 e. The number of nitrogens with two attached hydrogens (primary N) is 1. The molecular weight excluding hydrogens is 444 g/mol. The van der Waals surface area contributed by atoms with E-state index in [9.17, 15) is 19.2 Å². The fourth-order valence-corrected chi connectivity index (χ4v) is 5.73. The largest absolute Gasteiger partial charge is 0.370 e. The van der Waals surface area contributed by atoms with Gasteiger partial charge >= 0.3 is 0 Å². The molecule has 4 N–H and O–H groups in total. The summed E-state index contributed by atoms with van der Waals surface area (Å²) in [6.07, 6.45) is 0.790. The molecule has 2 saturated heterocycles. The molecule has 3 aliphatic rings. The third kappa shape index (κ3) is 3.24. The second kappa shape index (κ2) is 7.97. The fraction of sp³-hybridized carbons (Fsp3) is 0.333. The fourth-order valence-electron chi connectivity index (χ4n) is 5.51. The second-order valence-electron chi connectivity index (χ2n) is 8.75. The lowest BCUT2D eigenvalue weighted by Gasteiger charge is -2.29. The van der Waals surface area contributed by atoms with Gasteiger partial charge in [-0.2, -0.15) is 0 Å². The van der Waals surface area contributed by atoms with E-state index in [4.69, 9.17) is 17.3 Å². The minimum atomic E-state index is -1.43. The van der Waals surface area contributed by atoms with E-state index in [1.54, 1.807) is 18.2 Å². The summed E-state index contributed by atoms with van der Waals surface area (Å²) in [5, 5.41) is 6.42. The molecule has 1 spiro atoms. The molecule has 2 fully saturated rings. The number of benzene rings is 2. The van der Waals surface area contributed by atoms with Gasteiger partial charge in [-0.3, -0.25) is 29.4 Å². The van der Waals surface area contributed by atoms with Crippen LogP contribution in [0.5, 0.6) is 0 Å². The number of amides is 4. The van der Waals surface area contributed by atoms with Crippen LogP contribution in [0.2, 0.25) is 5.02 Å². The molecule has 3 aliphatic heterocycles. The zero-order valence-electron chi connectivity index (χ0n) is 17.7. The predicted octanol–water partition coefficient (Wildman–Crippen LogP) is 1.57. The van der Waals surface area contributed by atoms with Gasteiger partial charge in [0.1, 0.15) is 5.54 Å². The monoisotopic (exact) mass is 466 g/mol. The van der Waals surface area contributed by atoms with Crippen LogP contribution in [-0.4, -0.2) is 41.1 Å². The molecule has 3 heterocycles. The quantitative estimate of drug-likeness (QED) is 0.558. The third-order valence-corrected chi connectivity index (χ3v) is 7.27. The highest BCUT2D eigenvalue weighted by Gasteiger charge is 2.70. The van der Waals surface area contributed by atoms with E-state index in [0.29, 0.717) is 22.7 Å². The van der Waals surface area contributed by atoms with Gasteiger partial charge < -0.3 is 11.1 Å². The maximum Gasteiger partial charge on any atom is 0.250 e. The molecule has 9 heteroatoms. The summed E-state index contributed by atoms with van der Waals surface area (Å²) in [7, 11) is 0. The Morgan fingerprint density at radius 3 is 2.55 bits per heavy atom. The summed E-state index contributed by atoms with van der Waals surface area (Å²) < 4.78 is 0. The van der Waals surface area contributed by atoms with Crippen LogP contribution in [0.3, 0.4) is 0 Å². The zero-order chi connectivity index (χ0) is 23.3. The van der Waals surface area contributed by atoms with Crippen LogP contribution in [0.25, 0.3) is 0 Å². The number of carbonyl (C=O) groups is 4. The molecule has 0 aliphatic carbocycles. The minimum Gasteiger partial charge on any atom is -0.370 e. The Bertz CT molecular complexity index is 1170. The Balaban J connectivity index is 1.53. The first kappa shape index (κ1) is 21.6. The van der Waals surface area contributed by atoms with E-state index in [0.717, 1.165) is 5.56 Å². The van der Waals surface area contributed by atoms with Gasteiger partial charge in [0.25, 0.3) is 0 Å². The highest BCUT2D eigenvalue weighted by molar-refractivity contribution is 6.35. The van der Waals surface area contributed by atoms with Crippen LogP contribution < -0.4 is 16.4 Å². The topological polar surface area (TPSA) is 122 Å². The van der Waals surface area contributed by atoms with Crippen LogP contribution in [0, 0.1) is 11.8 Å². The number of imide groups is 1. The molecule has 4 atom stereocenters. The summed E-state index contributed by atoms with van der Waals surface area (Å²) in [6.45, 7) is 0.220. The number of halogens is 1. The average Bonchev–Trinajstić information content (AvgIpc) is 3.38. The average molecular weight is 467 g/mol. The van der Waals surface area contributed by atoms with Crippen molar-refractivity contribution in [3.63, 3.8) is 0 Å². The number of hydrogen-bond acceptors (Lipinski definition) is 5. The summed E-state index contributed by atoms with van der Waals surface area (Å²) in [6, 6.07) is 14.1. The van der Waals surface area contributed by atoms with E-state index >= 15 is 0 Å². The number of carbonyl (C=O) groups excluding carboxylic acids is 4. The molecule has 0 saturated carbocycles. The van der Waals surface area contributed by atoms with Crippen molar-refractivity contribution in [1.29, 1.82) is 0 Å². The zero-order valence-corrected chi connectivity index (χ0v) is 18.5. The van der Waals surface area contributed by atoms with Gasteiger partial charge in [0.2, 0.25) is 23.6 Å². The van der Waals surface area contributed by atoms with E-state index in [1.807, 2.05) is 30.3 Å². The molecule has 4 amide bonds. The Morgan fingerprint density at radius 2 is 1.82 bits per heavy atom. The first-order chi connectivity index (χ1) is 15.8. The number of likely N-dealkylation sites (tertiary alicyclic amines) is 1. The normalized spacial score (nSPS) is 27.7. The predicted molar refractivity (Wildman–Crippen MR) is 121 cm³/mol. The van der Waals surface area contributed by atoms with E-state index in [2.05, 4.69) is 10.6 Å². The molecule has 0 unspecified atom stereocenters. The number of primary amides is 1. The molecule has 33 heavy (non-hydrogen) atoms. The van der Waals surface area contributed by atoms with Crippen molar-refractivity contribution in [2.45, 2.75) is 30.8 Å². The molecule has 0 bridgehead atoms.